The molecule has 3 aromatic carbocycles. The number of hydrogen-bond acceptors (Lipinski definition) is 6. The van der Waals surface area contributed by atoms with Crippen molar-refractivity contribution >= 4 is 38.1 Å². The van der Waals surface area contributed by atoms with Crippen LogP contribution in [0.2, 0.25) is 0 Å². The molecule has 178 valence electrons. The summed E-state index contributed by atoms with van der Waals surface area (Å²) >= 11 is 3.36. The number of hydrazone groups is 1. The third-order valence-corrected chi connectivity index (χ3v) is 7.19. The fourth-order valence-corrected chi connectivity index (χ4v) is 4.68. The maximum atomic E-state index is 13.3. The molecule has 0 fully saturated rings. The molecule has 0 unspecified atom stereocenters. The third kappa shape index (κ3) is 6.66. The number of methoxy groups -OCH3 is 1. The molecule has 3 rings (SSSR count). The van der Waals surface area contributed by atoms with Crippen molar-refractivity contribution in [2.24, 2.45) is 5.10 Å². The molecule has 8 nitrogen and oxygen atoms in total. The van der Waals surface area contributed by atoms with Crippen LogP contribution in [0.1, 0.15) is 16.7 Å². The number of phenolic OH excluding ortho intramolecular Hbond substituents is 1. The fraction of sp³-hybridized carbons (Fsp3) is 0.167. The molecule has 0 aliphatic heterocycles. The van der Waals surface area contributed by atoms with Crippen LogP contribution in [0.25, 0.3) is 0 Å². The molecule has 1 amide bonds. The highest BCUT2D eigenvalue weighted by molar-refractivity contribution is 9.10. The molecule has 0 heterocycles. The summed E-state index contributed by atoms with van der Waals surface area (Å²) < 4.78 is 33.6. The maximum Gasteiger partial charge on any atom is 0.255 e. The highest BCUT2D eigenvalue weighted by Crippen LogP contribution is 2.25. The minimum Gasteiger partial charge on any atom is -0.504 e. The Morgan fingerprint density at radius 2 is 1.79 bits per heavy atom. The second kappa shape index (κ2) is 11.3. The van der Waals surface area contributed by atoms with E-state index in [1.807, 2.05) is 19.1 Å². The van der Waals surface area contributed by atoms with Crippen molar-refractivity contribution in [3.63, 3.8) is 0 Å². The molecule has 0 radical (unpaired) electrons. The first-order valence-corrected chi connectivity index (χ1v) is 12.4. The van der Waals surface area contributed by atoms with Crippen molar-refractivity contribution in [1.29, 1.82) is 0 Å². The van der Waals surface area contributed by atoms with Crippen LogP contribution in [-0.4, -0.2) is 43.6 Å². The van der Waals surface area contributed by atoms with Crippen molar-refractivity contribution in [3.8, 4) is 11.5 Å². The molecular formula is C24H24BrN3O5S. The number of sulfonamides is 1. The molecular weight excluding hydrogens is 522 g/mol. The van der Waals surface area contributed by atoms with Gasteiger partial charge in [-0.25, -0.2) is 13.8 Å². The van der Waals surface area contributed by atoms with E-state index >= 15 is 0 Å². The average Bonchev–Trinajstić information content (AvgIpc) is 2.81. The lowest BCUT2D eigenvalue weighted by molar-refractivity contribution is -0.121. The largest absolute Gasteiger partial charge is 0.504 e. The predicted molar refractivity (Wildman–Crippen MR) is 133 cm³/mol. The molecule has 0 saturated heterocycles. The van der Waals surface area contributed by atoms with Crippen LogP contribution in [0.5, 0.6) is 11.5 Å². The first-order chi connectivity index (χ1) is 16.2. The molecule has 3 aromatic rings. The van der Waals surface area contributed by atoms with Gasteiger partial charge in [-0.2, -0.15) is 9.41 Å². The van der Waals surface area contributed by atoms with Gasteiger partial charge in [-0.1, -0.05) is 45.8 Å². The highest BCUT2D eigenvalue weighted by atomic mass is 79.9. The van der Waals surface area contributed by atoms with Gasteiger partial charge in [0.2, 0.25) is 10.0 Å². The molecule has 0 bridgehead atoms. The number of halogens is 1. The van der Waals surface area contributed by atoms with E-state index in [2.05, 4.69) is 26.5 Å². The van der Waals surface area contributed by atoms with Crippen LogP contribution in [0.15, 0.2) is 81.2 Å². The van der Waals surface area contributed by atoms with Crippen LogP contribution < -0.4 is 10.2 Å². The Labute approximate surface area is 207 Å². The Hall–Kier alpha value is -3.21. The number of aryl methyl sites for hydroxylation is 1. The Bertz CT molecular complexity index is 1280. The van der Waals surface area contributed by atoms with Crippen molar-refractivity contribution in [2.75, 3.05) is 13.7 Å². The molecule has 0 aliphatic carbocycles. The van der Waals surface area contributed by atoms with Gasteiger partial charge in [0, 0.05) is 11.0 Å². The number of benzene rings is 3. The highest BCUT2D eigenvalue weighted by Gasteiger charge is 2.27. The van der Waals surface area contributed by atoms with Gasteiger partial charge in [-0.15, -0.1) is 0 Å². The summed E-state index contributed by atoms with van der Waals surface area (Å²) in [5.41, 5.74) is 4.59. The normalized spacial score (nSPS) is 11.6. The summed E-state index contributed by atoms with van der Waals surface area (Å²) in [7, 11) is -2.52. The third-order valence-electron chi connectivity index (χ3n) is 4.86. The van der Waals surface area contributed by atoms with Crippen LogP contribution in [0.3, 0.4) is 0 Å². The van der Waals surface area contributed by atoms with E-state index in [4.69, 9.17) is 4.74 Å². The number of hydrogen-bond donors (Lipinski definition) is 2. The van der Waals surface area contributed by atoms with Gasteiger partial charge >= 0.3 is 0 Å². The summed E-state index contributed by atoms with van der Waals surface area (Å²) in [4.78, 5) is 12.7. The lowest BCUT2D eigenvalue weighted by Crippen LogP contribution is -2.39. The number of ether oxygens (including phenoxy) is 1. The Morgan fingerprint density at radius 3 is 2.44 bits per heavy atom. The summed E-state index contributed by atoms with van der Waals surface area (Å²) in [5.74, 6) is -0.358. The maximum absolute atomic E-state index is 13.3. The first kappa shape index (κ1) is 25.4. The van der Waals surface area contributed by atoms with E-state index in [0.717, 1.165) is 19.9 Å². The standard InChI is InChI=1S/C24H24BrN3O5S/c1-17-3-10-21(11-4-17)34(31,32)28(15-18-5-8-20(25)9-6-18)16-24(30)27-26-14-19-7-12-22(29)23(13-19)33-2/h3-14,29H,15-16H2,1-2H3,(H,27,30)/b26-14-. The van der Waals surface area contributed by atoms with Gasteiger partial charge in [0.05, 0.1) is 24.8 Å². The second-order valence-corrected chi connectivity index (χ2v) is 10.3. The lowest BCUT2D eigenvalue weighted by atomic mass is 10.2. The molecule has 0 aliphatic rings. The zero-order valence-electron chi connectivity index (χ0n) is 18.6. The van der Waals surface area contributed by atoms with E-state index in [0.29, 0.717) is 5.56 Å². The number of carbonyl (C=O) groups is 1. The minimum atomic E-state index is -3.95. The van der Waals surface area contributed by atoms with Gasteiger partial charge < -0.3 is 9.84 Å². The van der Waals surface area contributed by atoms with E-state index in [9.17, 15) is 18.3 Å². The second-order valence-electron chi connectivity index (χ2n) is 7.44. The summed E-state index contributed by atoms with van der Waals surface area (Å²) in [6, 6.07) is 18.2. The SMILES string of the molecule is COc1cc(/C=N\NC(=O)CN(Cc2ccc(Br)cc2)S(=O)(=O)c2ccc(C)cc2)ccc1O. The number of phenols is 1. The Morgan fingerprint density at radius 1 is 1.12 bits per heavy atom. The summed E-state index contributed by atoms with van der Waals surface area (Å²) in [5, 5.41) is 13.6. The van der Waals surface area contributed by atoms with Crippen LogP contribution in [0, 0.1) is 6.92 Å². The number of nitrogens with zero attached hydrogens (tertiary/aromatic N) is 2. The van der Waals surface area contributed by atoms with Gasteiger partial charge in [-0.3, -0.25) is 4.79 Å². The first-order valence-electron chi connectivity index (χ1n) is 10.2. The average molecular weight is 546 g/mol. The van der Waals surface area contributed by atoms with Crippen molar-refractivity contribution < 1.29 is 23.1 Å². The van der Waals surface area contributed by atoms with E-state index in [1.165, 1.54) is 31.5 Å². The number of amides is 1. The Balaban J connectivity index is 1.78. The summed E-state index contributed by atoms with van der Waals surface area (Å²) in [6.07, 6.45) is 1.37. The topological polar surface area (TPSA) is 108 Å². The molecule has 0 spiro atoms. The van der Waals surface area contributed by atoms with Crippen LogP contribution >= 0.6 is 15.9 Å². The predicted octanol–water partition coefficient (Wildman–Crippen LogP) is 3.81. The minimum absolute atomic E-state index is 0.00971. The number of rotatable bonds is 9. The van der Waals surface area contributed by atoms with E-state index in [1.54, 1.807) is 36.4 Å². The van der Waals surface area contributed by atoms with Crippen molar-refractivity contribution in [2.45, 2.75) is 18.4 Å². The van der Waals surface area contributed by atoms with E-state index in [-0.39, 0.29) is 22.9 Å². The van der Waals surface area contributed by atoms with Crippen molar-refractivity contribution in [1.82, 2.24) is 9.73 Å². The van der Waals surface area contributed by atoms with E-state index < -0.39 is 22.5 Å². The lowest BCUT2D eigenvalue weighted by Gasteiger charge is -2.21. The zero-order valence-corrected chi connectivity index (χ0v) is 21.0. The van der Waals surface area contributed by atoms with Crippen molar-refractivity contribution in [3.05, 3.63) is 87.9 Å². The Kier molecular flexibility index (Phi) is 8.43. The quantitative estimate of drug-likeness (QED) is 0.314. The number of carbonyl (C=O) groups excluding carboxylic acids is 1. The molecule has 0 saturated carbocycles. The van der Waals surface area contributed by atoms with Crippen LogP contribution in [0.4, 0.5) is 0 Å². The molecule has 10 heteroatoms. The molecule has 0 aromatic heterocycles. The van der Waals surface area contributed by atoms with Gasteiger partial charge in [0.1, 0.15) is 0 Å². The number of nitrogens with one attached hydrogen (secondary N) is 1. The number of aromatic hydroxyl groups is 1. The van der Waals surface area contributed by atoms with Gasteiger partial charge in [0.25, 0.3) is 5.91 Å². The monoisotopic (exact) mass is 545 g/mol. The van der Waals surface area contributed by atoms with Gasteiger partial charge in [0.15, 0.2) is 11.5 Å². The van der Waals surface area contributed by atoms with Crippen LogP contribution in [-0.2, 0) is 21.4 Å². The fourth-order valence-electron chi connectivity index (χ4n) is 3.03. The molecule has 0 atom stereocenters. The summed E-state index contributed by atoms with van der Waals surface area (Å²) in [6.45, 7) is 1.45. The van der Waals surface area contributed by atoms with Gasteiger partial charge in [-0.05, 0) is 60.5 Å². The zero-order chi connectivity index (χ0) is 24.7. The molecule has 2 N–H and O–H groups in total. The molecule has 34 heavy (non-hydrogen) atoms. The smallest absolute Gasteiger partial charge is 0.255 e.